The predicted octanol–water partition coefficient (Wildman–Crippen LogP) is 4.54. The molecule has 2 aromatic carbocycles. The fourth-order valence-electron chi connectivity index (χ4n) is 3.73. The first-order chi connectivity index (χ1) is 14.5. The summed E-state index contributed by atoms with van der Waals surface area (Å²) in [4.78, 5) is 13.6. The molecule has 0 aliphatic carbocycles. The number of fused-ring (bicyclic) bond motifs is 2. The van der Waals surface area contributed by atoms with Gasteiger partial charge in [0.15, 0.2) is 0 Å². The van der Waals surface area contributed by atoms with Gasteiger partial charge < -0.3 is 15.8 Å². The number of rotatable bonds is 7. The molecule has 0 saturated carbocycles. The molecule has 1 aromatic heterocycles. The molecule has 3 aromatic rings. The van der Waals surface area contributed by atoms with Gasteiger partial charge in [0.05, 0.1) is 12.5 Å². The zero-order valence-electron chi connectivity index (χ0n) is 16.9. The lowest BCUT2D eigenvalue weighted by Crippen LogP contribution is -2.14. The van der Waals surface area contributed by atoms with Crippen LogP contribution in [0.5, 0.6) is 0 Å². The molecule has 0 saturated heterocycles. The summed E-state index contributed by atoms with van der Waals surface area (Å²) in [7, 11) is 0. The number of nitrogens with two attached hydrogens (primary N) is 1. The SMILES string of the molecule is CCOC(=O)C(C/C=C/c1ccc2c(c1)CNC2)c1cc2cc(C(=N)N)ccc2s1. The number of esters is 1. The van der Waals surface area contributed by atoms with Crippen molar-refractivity contribution in [3.8, 4) is 0 Å². The van der Waals surface area contributed by atoms with Crippen molar-refractivity contribution in [1.29, 1.82) is 5.41 Å². The number of allylic oxidation sites excluding steroid dienone is 1. The Labute approximate surface area is 180 Å². The van der Waals surface area contributed by atoms with E-state index in [4.69, 9.17) is 15.9 Å². The van der Waals surface area contributed by atoms with E-state index >= 15 is 0 Å². The minimum atomic E-state index is -0.351. The van der Waals surface area contributed by atoms with Crippen LogP contribution in [0.3, 0.4) is 0 Å². The van der Waals surface area contributed by atoms with Gasteiger partial charge >= 0.3 is 5.97 Å². The maximum absolute atomic E-state index is 12.7. The third-order valence-electron chi connectivity index (χ3n) is 5.30. The summed E-state index contributed by atoms with van der Waals surface area (Å²) in [6.07, 6.45) is 4.70. The third-order valence-corrected chi connectivity index (χ3v) is 6.53. The van der Waals surface area contributed by atoms with Crippen LogP contribution in [-0.4, -0.2) is 18.4 Å². The highest BCUT2D eigenvalue weighted by atomic mass is 32.1. The van der Waals surface area contributed by atoms with E-state index in [2.05, 4.69) is 35.7 Å². The van der Waals surface area contributed by atoms with E-state index in [0.717, 1.165) is 33.6 Å². The fraction of sp³-hybridized carbons (Fsp3) is 0.250. The van der Waals surface area contributed by atoms with Crippen molar-refractivity contribution in [2.45, 2.75) is 32.4 Å². The molecule has 0 radical (unpaired) electrons. The van der Waals surface area contributed by atoms with Crippen LogP contribution in [-0.2, 0) is 22.6 Å². The molecule has 1 aliphatic heterocycles. The highest BCUT2D eigenvalue weighted by Gasteiger charge is 2.23. The van der Waals surface area contributed by atoms with Gasteiger partial charge in [-0.2, -0.15) is 0 Å². The Balaban J connectivity index is 1.58. The van der Waals surface area contributed by atoms with Crippen molar-refractivity contribution in [1.82, 2.24) is 5.32 Å². The van der Waals surface area contributed by atoms with Crippen molar-refractivity contribution in [3.05, 3.63) is 75.7 Å². The van der Waals surface area contributed by atoms with E-state index in [1.165, 1.54) is 11.1 Å². The van der Waals surface area contributed by atoms with Gasteiger partial charge in [-0.25, -0.2) is 0 Å². The molecule has 0 bridgehead atoms. The Hall–Kier alpha value is -2.96. The molecule has 1 aliphatic rings. The van der Waals surface area contributed by atoms with Gasteiger partial charge in [-0.3, -0.25) is 10.2 Å². The summed E-state index contributed by atoms with van der Waals surface area (Å²) in [6, 6.07) is 14.2. The molecule has 4 N–H and O–H groups in total. The van der Waals surface area contributed by atoms with Gasteiger partial charge in [-0.1, -0.05) is 30.4 Å². The molecule has 30 heavy (non-hydrogen) atoms. The van der Waals surface area contributed by atoms with Gasteiger partial charge in [-0.05, 0) is 59.7 Å². The Kier molecular flexibility index (Phi) is 5.97. The highest BCUT2D eigenvalue weighted by molar-refractivity contribution is 7.19. The summed E-state index contributed by atoms with van der Waals surface area (Å²) < 4.78 is 6.42. The molecular weight excluding hydrogens is 394 g/mol. The van der Waals surface area contributed by atoms with Crippen molar-refractivity contribution in [3.63, 3.8) is 0 Å². The molecule has 0 amide bonds. The van der Waals surface area contributed by atoms with Crippen LogP contribution < -0.4 is 11.1 Å². The number of carbonyl (C=O) groups excluding carboxylic acids is 1. The van der Waals surface area contributed by atoms with Crippen LogP contribution in [0.2, 0.25) is 0 Å². The molecular formula is C24H25N3O2S. The largest absolute Gasteiger partial charge is 0.465 e. The van der Waals surface area contributed by atoms with Crippen LogP contribution in [0, 0.1) is 5.41 Å². The normalized spacial score (nSPS) is 14.2. The molecule has 2 heterocycles. The number of hydrogen-bond acceptors (Lipinski definition) is 5. The molecule has 1 unspecified atom stereocenters. The van der Waals surface area contributed by atoms with E-state index in [9.17, 15) is 4.79 Å². The van der Waals surface area contributed by atoms with Gasteiger partial charge in [0.2, 0.25) is 0 Å². The van der Waals surface area contributed by atoms with Crippen LogP contribution in [0.15, 0.2) is 48.5 Å². The van der Waals surface area contributed by atoms with Crippen LogP contribution in [0.4, 0.5) is 0 Å². The van der Waals surface area contributed by atoms with Crippen molar-refractivity contribution < 1.29 is 9.53 Å². The van der Waals surface area contributed by atoms with Gasteiger partial charge in [0.25, 0.3) is 0 Å². The topological polar surface area (TPSA) is 88.2 Å². The maximum Gasteiger partial charge on any atom is 0.314 e. The lowest BCUT2D eigenvalue weighted by atomic mass is 10.0. The summed E-state index contributed by atoms with van der Waals surface area (Å²) in [5.41, 5.74) is 10.1. The zero-order valence-corrected chi connectivity index (χ0v) is 17.7. The van der Waals surface area contributed by atoms with Gasteiger partial charge in [-0.15, -0.1) is 11.3 Å². The fourth-order valence-corrected chi connectivity index (χ4v) is 4.88. The number of thiophene rings is 1. The highest BCUT2D eigenvalue weighted by Crippen LogP contribution is 2.34. The average Bonchev–Trinajstić information content (AvgIpc) is 3.36. The van der Waals surface area contributed by atoms with E-state index in [-0.39, 0.29) is 17.7 Å². The number of amidine groups is 1. The van der Waals surface area contributed by atoms with Gasteiger partial charge in [0, 0.05) is 28.2 Å². The van der Waals surface area contributed by atoms with E-state index < -0.39 is 0 Å². The molecule has 0 spiro atoms. The second kappa shape index (κ2) is 8.81. The lowest BCUT2D eigenvalue weighted by molar-refractivity contribution is -0.144. The molecule has 154 valence electrons. The minimum Gasteiger partial charge on any atom is -0.465 e. The third kappa shape index (κ3) is 4.30. The van der Waals surface area contributed by atoms with E-state index in [1.807, 2.05) is 31.2 Å². The quantitative estimate of drug-likeness (QED) is 0.298. The number of ether oxygens (including phenoxy) is 1. The number of nitrogen functional groups attached to an aromatic ring is 1. The number of benzene rings is 2. The van der Waals surface area contributed by atoms with E-state index in [0.29, 0.717) is 18.6 Å². The molecule has 0 fully saturated rings. The second-order valence-corrected chi connectivity index (χ2v) is 8.50. The number of nitrogens with one attached hydrogen (secondary N) is 2. The monoisotopic (exact) mass is 419 g/mol. The van der Waals surface area contributed by atoms with Crippen molar-refractivity contribution in [2.24, 2.45) is 5.73 Å². The summed E-state index contributed by atoms with van der Waals surface area (Å²) in [6.45, 7) is 4.03. The second-order valence-electron chi connectivity index (χ2n) is 7.39. The van der Waals surface area contributed by atoms with Crippen LogP contribution >= 0.6 is 11.3 Å². The molecule has 4 rings (SSSR count). The summed E-state index contributed by atoms with van der Waals surface area (Å²) in [5, 5.41) is 12.0. The van der Waals surface area contributed by atoms with E-state index in [1.54, 1.807) is 11.3 Å². The van der Waals surface area contributed by atoms with Crippen molar-refractivity contribution in [2.75, 3.05) is 6.61 Å². The first-order valence-corrected chi connectivity index (χ1v) is 10.9. The van der Waals surface area contributed by atoms with Crippen molar-refractivity contribution >= 4 is 39.3 Å². The molecule has 1 atom stereocenters. The first kappa shape index (κ1) is 20.3. The predicted molar refractivity (Wildman–Crippen MR) is 123 cm³/mol. The number of hydrogen-bond donors (Lipinski definition) is 3. The van der Waals surface area contributed by atoms with Crippen LogP contribution in [0.25, 0.3) is 16.2 Å². The molecule has 6 heteroatoms. The maximum atomic E-state index is 12.7. The Bertz CT molecular complexity index is 1130. The zero-order chi connectivity index (χ0) is 21.1. The molecule has 5 nitrogen and oxygen atoms in total. The Morgan fingerprint density at radius 3 is 2.87 bits per heavy atom. The summed E-state index contributed by atoms with van der Waals surface area (Å²) >= 11 is 1.59. The first-order valence-electron chi connectivity index (χ1n) is 10.1. The Morgan fingerprint density at radius 2 is 2.07 bits per heavy atom. The lowest BCUT2D eigenvalue weighted by Gasteiger charge is -2.12. The number of carbonyl (C=O) groups is 1. The summed E-state index contributed by atoms with van der Waals surface area (Å²) in [5.74, 6) is -0.520. The van der Waals surface area contributed by atoms with Crippen LogP contribution in [0.1, 0.15) is 46.4 Å². The Morgan fingerprint density at radius 1 is 1.23 bits per heavy atom. The average molecular weight is 420 g/mol. The minimum absolute atomic E-state index is 0.0408. The standard InChI is InChI=1S/C24H25N3O2S/c1-2-29-24(28)20(5-3-4-15-6-7-17-13-27-14-19(17)10-15)22-12-18-11-16(23(25)26)8-9-21(18)30-22/h3-4,6-12,20,27H,2,5,13-14H2,1H3,(H3,25,26)/b4-3+. The smallest absolute Gasteiger partial charge is 0.314 e. The van der Waals surface area contributed by atoms with Gasteiger partial charge in [0.1, 0.15) is 5.84 Å².